The first-order valence-electron chi connectivity index (χ1n) is 5.93. The zero-order valence-electron chi connectivity index (χ0n) is 10.2. The Morgan fingerprint density at radius 1 is 1.56 bits per heavy atom. The number of methoxy groups -OCH3 is 1. The molecule has 1 saturated heterocycles. The fraction of sp³-hybridized carbons (Fsp3) is 0.462. The summed E-state index contributed by atoms with van der Waals surface area (Å²) in [6.07, 6.45) is 2.09. The predicted octanol–water partition coefficient (Wildman–Crippen LogP) is 3.43. The second-order valence-corrected chi connectivity index (χ2v) is 5.81. The van der Waals surface area contributed by atoms with E-state index in [2.05, 4.69) is 5.32 Å². The Hall–Kier alpha value is -0.870. The Kier molecular flexibility index (Phi) is 4.78. The second-order valence-electron chi connectivity index (χ2n) is 4.25. The number of hydrogen-bond acceptors (Lipinski definition) is 3. The van der Waals surface area contributed by atoms with Crippen LogP contribution >= 0.6 is 23.4 Å². The van der Waals surface area contributed by atoms with Crippen LogP contribution < -0.4 is 10.1 Å². The summed E-state index contributed by atoms with van der Waals surface area (Å²) in [6.45, 7) is 0. The molecule has 0 saturated carbocycles. The molecular formula is C13H16ClNO2S. The molecular weight excluding hydrogens is 270 g/mol. The summed E-state index contributed by atoms with van der Waals surface area (Å²) in [7, 11) is 1.57. The van der Waals surface area contributed by atoms with Crippen molar-refractivity contribution in [1.82, 2.24) is 0 Å². The highest BCUT2D eigenvalue weighted by Crippen LogP contribution is 2.28. The molecule has 0 aliphatic carbocycles. The van der Waals surface area contributed by atoms with Crippen molar-refractivity contribution in [2.24, 2.45) is 5.92 Å². The largest absolute Gasteiger partial charge is 0.495 e. The lowest BCUT2D eigenvalue weighted by Crippen LogP contribution is -2.27. The number of halogens is 1. The Bertz CT molecular complexity index is 433. The topological polar surface area (TPSA) is 38.3 Å². The molecule has 1 heterocycles. The molecule has 1 unspecified atom stereocenters. The van der Waals surface area contributed by atoms with Gasteiger partial charge in [-0.2, -0.15) is 11.8 Å². The molecule has 5 heteroatoms. The van der Waals surface area contributed by atoms with Gasteiger partial charge in [-0.15, -0.1) is 0 Å². The van der Waals surface area contributed by atoms with Crippen LogP contribution in [0.15, 0.2) is 18.2 Å². The van der Waals surface area contributed by atoms with Gasteiger partial charge in [0.1, 0.15) is 5.75 Å². The predicted molar refractivity (Wildman–Crippen MR) is 76.7 cm³/mol. The summed E-state index contributed by atoms with van der Waals surface area (Å²) in [4.78, 5) is 12.0. The number of ether oxygens (including phenoxy) is 1. The third kappa shape index (κ3) is 3.33. The normalized spacial score (nSPS) is 19.3. The molecule has 2 rings (SSSR count). The monoisotopic (exact) mass is 285 g/mol. The lowest BCUT2D eigenvalue weighted by atomic mass is 10.0. The van der Waals surface area contributed by atoms with E-state index in [4.69, 9.17) is 16.3 Å². The first-order valence-corrected chi connectivity index (χ1v) is 7.46. The van der Waals surface area contributed by atoms with Gasteiger partial charge in [0, 0.05) is 17.4 Å². The highest BCUT2D eigenvalue weighted by atomic mass is 35.5. The van der Waals surface area contributed by atoms with E-state index >= 15 is 0 Å². The molecule has 18 heavy (non-hydrogen) atoms. The summed E-state index contributed by atoms with van der Waals surface area (Å²) in [5, 5.41) is 3.42. The van der Waals surface area contributed by atoms with E-state index in [1.54, 1.807) is 25.3 Å². The van der Waals surface area contributed by atoms with Crippen LogP contribution in [0.5, 0.6) is 5.75 Å². The summed E-state index contributed by atoms with van der Waals surface area (Å²) < 4.78 is 5.07. The molecule has 1 fully saturated rings. The Balaban J connectivity index is 2.00. The van der Waals surface area contributed by atoms with Crippen molar-refractivity contribution in [2.75, 3.05) is 23.9 Å². The molecule has 0 spiro atoms. The van der Waals surface area contributed by atoms with E-state index in [-0.39, 0.29) is 11.8 Å². The fourth-order valence-electron chi connectivity index (χ4n) is 1.94. The van der Waals surface area contributed by atoms with Crippen LogP contribution in [0.25, 0.3) is 0 Å². The zero-order valence-corrected chi connectivity index (χ0v) is 11.8. The molecule has 1 aliphatic heterocycles. The van der Waals surface area contributed by atoms with E-state index < -0.39 is 0 Å². The van der Waals surface area contributed by atoms with Crippen LogP contribution in [0.2, 0.25) is 5.02 Å². The molecule has 0 radical (unpaired) electrons. The molecule has 98 valence electrons. The average Bonchev–Trinajstić information content (AvgIpc) is 2.40. The van der Waals surface area contributed by atoms with Gasteiger partial charge in [-0.3, -0.25) is 4.79 Å². The number of benzene rings is 1. The quantitative estimate of drug-likeness (QED) is 0.925. The first kappa shape index (κ1) is 13.6. The maximum Gasteiger partial charge on any atom is 0.228 e. The van der Waals surface area contributed by atoms with Gasteiger partial charge in [-0.05, 0) is 36.8 Å². The summed E-state index contributed by atoms with van der Waals surface area (Å²) in [5.74, 6) is 2.89. The lowest BCUT2D eigenvalue weighted by molar-refractivity contribution is -0.119. The maximum atomic E-state index is 12.0. The fourth-order valence-corrected chi connectivity index (χ4v) is 3.33. The van der Waals surface area contributed by atoms with Gasteiger partial charge in [0.15, 0.2) is 0 Å². The molecule has 0 bridgehead atoms. The SMILES string of the molecule is COc1ccc(NC(=O)C2CCCSC2)cc1Cl. The first-order chi connectivity index (χ1) is 8.70. The molecule has 1 amide bonds. The summed E-state index contributed by atoms with van der Waals surface area (Å²) in [5.41, 5.74) is 0.723. The van der Waals surface area contributed by atoms with Crippen molar-refractivity contribution in [2.45, 2.75) is 12.8 Å². The van der Waals surface area contributed by atoms with E-state index in [0.717, 1.165) is 30.0 Å². The van der Waals surface area contributed by atoms with Crippen LogP contribution in [0, 0.1) is 5.92 Å². The maximum absolute atomic E-state index is 12.0. The van der Waals surface area contributed by atoms with Crippen molar-refractivity contribution in [3.63, 3.8) is 0 Å². The van der Waals surface area contributed by atoms with E-state index in [9.17, 15) is 4.79 Å². The smallest absolute Gasteiger partial charge is 0.228 e. The minimum absolute atomic E-state index is 0.0865. The average molecular weight is 286 g/mol. The number of amides is 1. The van der Waals surface area contributed by atoms with Crippen LogP contribution in [0.1, 0.15) is 12.8 Å². The molecule has 0 aromatic heterocycles. The Morgan fingerprint density at radius 3 is 3.00 bits per heavy atom. The van der Waals surface area contributed by atoms with Gasteiger partial charge in [-0.1, -0.05) is 11.6 Å². The minimum atomic E-state index is 0.0865. The van der Waals surface area contributed by atoms with Crippen molar-refractivity contribution >= 4 is 35.0 Å². The van der Waals surface area contributed by atoms with Crippen molar-refractivity contribution in [1.29, 1.82) is 0 Å². The molecule has 1 aromatic rings. The molecule has 1 aliphatic rings. The highest BCUT2D eigenvalue weighted by molar-refractivity contribution is 7.99. The number of thioether (sulfide) groups is 1. The third-order valence-corrected chi connectivity index (χ3v) is 4.46. The number of hydrogen-bond donors (Lipinski definition) is 1. The van der Waals surface area contributed by atoms with Crippen LogP contribution in [-0.2, 0) is 4.79 Å². The molecule has 1 atom stereocenters. The lowest BCUT2D eigenvalue weighted by Gasteiger charge is -2.20. The number of carbonyl (C=O) groups excluding carboxylic acids is 1. The van der Waals surface area contributed by atoms with Crippen molar-refractivity contribution in [3.05, 3.63) is 23.2 Å². The van der Waals surface area contributed by atoms with Crippen molar-refractivity contribution < 1.29 is 9.53 Å². The second kappa shape index (κ2) is 6.34. The van der Waals surface area contributed by atoms with Crippen molar-refractivity contribution in [3.8, 4) is 5.75 Å². The minimum Gasteiger partial charge on any atom is -0.495 e. The van der Waals surface area contributed by atoms with E-state index in [1.165, 1.54) is 0 Å². The van der Waals surface area contributed by atoms with Crippen LogP contribution in [0.4, 0.5) is 5.69 Å². The molecule has 1 aromatic carbocycles. The molecule has 3 nitrogen and oxygen atoms in total. The van der Waals surface area contributed by atoms with Gasteiger partial charge >= 0.3 is 0 Å². The summed E-state index contributed by atoms with van der Waals surface area (Å²) >= 11 is 7.86. The third-order valence-electron chi connectivity index (χ3n) is 2.95. The van der Waals surface area contributed by atoms with Gasteiger partial charge in [0.05, 0.1) is 12.1 Å². The van der Waals surface area contributed by atoms with Gasteiger partial charge in [-0.25, -0.2) is 0 Å². The zero-order chi connectivity index (χ0) is 13.0. The number of nitrogens with one attached hydrogen (secondary N) is 1. The van der Waals surface area contributed by atoms with Crippen LogP contribution in [0.3, 0.4) is 0 Å². The Labute approximate surface area is 116 Å². The van der Waals surface area contributed by atoms with Crippen LogP contribution in [-0.4, -0.2) is 24.5 Å². The Morgan fingerprint density at radius 2 is 2.39 bits per heavy atom. The van der Waals surface area contributed by atoms with Gasteiger partial charge in [0.25, 0.3) is 0 Å². The van der Waals surface area contributed by atoms with E-state index in [0.29, 0.717) is 10.8 Å². The van der Waals surface area contributed by atoms with E-state index in [1.807, 2.05) is 11.8 Å². The summed E-state index contributed by atoms with van der Waals surface area (Å²) in [6, 6.07) is 5.28. The molecule has 1 N–H and O–H groups in total. The number of carbonyl (C=O) groups is 1. The standard InChI is InChI=1S/C13H16ClNO2S/c1-17-12-5-4-10(7-11(12)14)15-13(16)9-3-2-6-18-8-9/h4-5,7,9H,2-3,6,8H2,1H3,(H,15,16). The number of rotatable bonds is 3. The highest BCUT2D eigenvalue weighted by Gasteiger charge is 2.21. The van der Waals surface area contributed by atoms with Gasteiger partial charge in [0.2, 0.25) is 5.91 Å². The van der Waals surface area contributed by atoms with Gasteiger partial charge < -0.3 is 10.1 Å². The number of anilines is 1.